The minimum absolute atomic E-state index is 0.0196. The summed E-state index contributed by atoms with van der Waals surface area (Å²) in [6.45, 7) is 4.40. The molecule has 1 amide bonds. The molecule has 0 aliphatic carbocycles. The molecule has 0 aliphatic rings. The Hall–Kier alpha value is -1.59. The van der Waals surface area contributed by atoms with Gasteiger partial charge in [-0.2, -0.15) is 0 Å². The van der Waals surface area contributed by atoms with Gasteiger partial charge in [-0.05, 0) is 25.1 Å². The lowest BCUT2D eigenvalue weighted by molar-refractivity contribution is -0.115. The summed E-state index contributed by atoms with van der Waals surface area (Å²) in [6, 6.07) is 5.38. The molecular formula is C14H16ClN3OS. The second-order valence-electron chi connectivity index (χ2n) is 4.33. The maximum absolute atomic E-state index is 11.4. The van der Waals surface area contributed by atoms with Crippen LogP contribution in [-0.4, -0.2) is 10.9 Å². The Morgan fingerprint density at radius 1 is 1.45 bits per heavy atom. The highest BCUT2D eigenvalue weighted by atomic mass is 35.5. The molecule has 2 aromatic rings. The van der Waals surface area contributed by atoms with Crippen LogP contribution in [0.5, 0.6) is 0 Å². The predicted octanol–water partition coefficient (Wildman–Crippen LogP) is 4.07. The number of aryl methyl sites for hydroxylation is 1. The van der Waals surface area contributed by atoms with Crippen molar-refractivity contribution < 1.29 is 4.79 Å². The Morgan fingerprint density at radius 3 is 2.90 bits per heavy atom. The molecule has 0 saturated carbocycles. The van der Waals surface area contributed by atoms with Gasteiger partial charge in [-0.1, -0.05) is 18.5 Å². The molecule has 0 atom stereocenters. The number of hydrogen-bond donors (Lipinski definition) is 2. The van der Waals surface area contributed by atoms with Gasteiger partial charge < -0.3 is 10.6 Å². The summed E-state index contributed by atoms with van der Waals surface area (Å²) in [5.74, 6) is -0.0196. The van der Waals surface area contributed by atoms with E-state index in [1.165, 1.54) is 0 Å². The van der Waals surface area contributed by atoms with Crippen molar-refractivity contribution in [3.63, 3.8) is 0 Å². The van der Waals surface area contributed by atoms with Crippen molar-refractivity contribution in [2.75, 3.05) is 10.6 Å². The first-order chi connectivity index (χ1) is 9.58. The van der Waals surface area contributed by atoms with Crippen LogP contribution in [0.2, 0.25) is 5.02 Å². The topological polar surface area (TPSA) is 54.0 Å². The van der Waals surface area contributed by atoms with E-state index in [1.807, 2.05) is 25.3 Å². The molecule has 20 heavy (non-hydrogen) atoms. The fourth-order valence-corrected chi connectivity index (χ4v) is 2.54. The average Bonchev–Trinajstić information content (AvgIpc) is 2.85. The van der Waals surface area contributed by atoms with E-state index in [0.717, 1.165) is 22.1 Å². The van der Waals surface area contributed by atoms with Crippen molar-refractivity contribution in [1.29, 1.82) is 0 Å². The minimum Gasteiger partial charge on any atom is -0.377 e. The van der Waals surface area contributed by atoms with Gasteiger partial charge in [0.1, 0.15) is 5.01 Å². The van der Waals surface area contributed by atoms with Gasteiger partial charge in [-0.15, -0.1) is 11.3 Å². The third-order valence-electron chi connectivity index (χ3n) is 2.67. The molecule has 2 rings (SSSR count). The van der Waals surface area contributed by atoms with Crippen molar-refractivity contribution >= 4 is 40.2 Å². The number of nitrogens with one attached hydrogen (secondary N) is 2. The first-order valence-electron chi connectivity index (χ1n) is 6.32. The SMILES string of the molecule is CCC(=O)Nc1ccc(Cl)c(NCc2nc(C)cs2)c1. The van der Waals surface area contributed by atoms with Crippen molar-refractivity contribution in [2.24, 2.45) is 0 Å². The van der Waals surface area contributed by atoms with Crippen LogP contribution in [0.4, 0.5) is 11.4 Å². The molecule has 0 saturated heterocycles. The van der Waals surface area contributed by atoms with Crippen molar-refractivity contribution in [3.8, 4) is 0 Å². The van der Waals surface area contributed by atoms with Gasteiger partial charge in [0.15, 0.2) is 0 Å². The van der Waals surface area contributed by atoms with Crippen LogP contribution in [0.1, 0.15) is 24.0 Å². The molecule has 0 bridgehead atoms. The van der Waals surface area contributed by atoms with Crippen molar-refractivity contribution in [1.82, 2.24) is 4.98 Å². The first kappa shape index (κ1) is 14.8. The lowest BCUT2D eigenvalue weighted by Gasteiger charge is -2.10. The number of halogens is 1. The Kier molecular flexibility index (Phi) is 4.98. The molecule has 2 N–H and O–H groups in total. The summed E-state index contributed by atoms with van der Waals surface area (Å²) in [4.78, 5) is 15.8. The fraction of sp³-hybridized carbons (Fsp3) is 0.286. The Bertz CT molecular complexity index is 612. The summed E-state index contributed by atoms with van der Waals surface area (Å²) in [7, 11) is 0. The highest BCUT2D eigenvalue weighted by Crippen LogP contribution is 2.26. The number of rotatable bonds is 5. The molecule has 0 spiro atoms. The van der Waals surface area contributed by atoms with Gasteiger partial charge in [0, 0.05) is 23.2 Å². The quantitative estimate of drug-likeness (QED) is 0.875. The zero-order valence-corrected chi connectivity index (χ0v) is 12.9. The number of carbonyl (C=O) groups is 1. The van der Waals surface area contributed by atoms with Crippen molar-refractivity contribution in [3.05, 3.63) is 39.3 Å². The van der Waals surface area contributed by atoms with Crippen LogP contribution >= 0.6 is 22.9 Å². The number of amides is 1. The molecule has 4 nitrogen and oxygen atoms in total. The summed E-state index contributed by atoms with van der Waals surface area (Å²) in [5.41, 5.74) is 2.54. The van der Waals surface area contributed by atoms with Gasteiger partial charge in [0.25, 0.3) is 0 Å². The van der Waals surface area contributed by atoms with E-state index >= 15 is 0 Å². The number of carbonyl (C=O) groups excluding carboxylic acids is 1. The van der Waals surface area contributed by atoms with Crippen LogP contribution < -0.4 is 10.6 Å². The fourth-order valence-electron chi connectivity index (χ4n) is 1.64. The monoisotopic (exact) mass is 309 g/mol. The Labute approximate surface area is 127 Å². The molecule has 1 aromatic carbocycles. The van der Waals surface area contributed by atoms with Gasteiger partial charge in [-0.3, -0.25) is 4.79 Å². The van der Waals surface area contributed by atoms with E-state index in [1.54, 1.807) is 23.5 Å². The van der Waals surface area contributed by atoms with Gasteiger partial charge in [0.2, 0.25) is 5.91 Å². The Balaban J connectivity index is 2.06. The second-order valence-corrected chi connectivity index (χ2v) is 5.68. The second kappa shape index (κ2) is 6.72. The lowest BCUT2D eigenvalue weighted by Crippen LogP contribution is -2.09. The zero-order chi connectivity index (χ0) is 14.5. The van der Waals surface area contributed by atoms with E-state index in [-0.39, 0.29) is 5.91 Å². The Morgan fingerprint density at radius 2 is 2.25 bits per heavy atom. The van der Waals surface area contributed by atoms with Crippen LogP contribution in [0.3, 0.4) is 0 Å². The largest absolute Gasteiger partial charge is 0.377 e. The highest BCUT2D eigenvalue weighted by Gasteiger charge is 2.05. The zero-order valence-electron chi connectivity index (χ0n) is 11.4. The maximum atomic E-state index is 11.4. The molecule has 6 heteroatoms. The molecule has 0 unspecified atom stereocenters. The smallest absolute Gasteiger partial charge is 0.224 e. The van der Waals surface area contributed by atoms with Gasteiger partial charge in [-0.25, -0.2) is 4.98 Å². The van der Waals surface area contributed by atoms with Crippen LogP contribution in [0.15, 0.2) is 23.6 Å². The average molecular weight is 310 g/mol. The van der Waals surface area contributed by atoms with Crippen molar-refractivity contribution in [2.45, 2.75) is 26.8 Å². The summed E-state index contributed by atoms with van der Waals surface area (Å²) in [5, 5.41) is 9.68. The number of anilines is 2. The highest BCUT2D eigenvalue weighted by molar-refractivity contribution is 7.09. The standard InChI is InChI=1S/C14H16ClN3OS/c1-3-13(19)18-10-4-5-11(15)12(6-10)16-7-14-17-9(2)8-20-14/h4-6,8,16H,3,7H2,1-2H3,(H,18,19). The molecule has 0 radical (unpaired) electrons. The molecule has 106 valence electrons. The van der Waals surface area contributed by atoms with E-state index in [9.17, 15) is 4.79 Å². The molecule has 0 aliphatic heterocycles. The molecule has 0 fully saturated rings. The summed E-state index contributed by atoms with van der Waals surface area (Å²) >= 11 is 7.75. The number of benzene rings is 1. The maximum Gasteiger partial charge on any atom is 0.224 e. The predicted molar refractivity (Wildman–Crippen MR) is 84.6 cm³/mol. The summed E-state index contributed by atoms with van der Waals surface area (Å²) in [6.07, 6.45) is 0.448. The van der Waals surface area contributed by atoms with Crippen LogP contribution in [0, 0.1) is 6.92 Å². The molecule has 1 heterocycles. The number of aromatic nitrogens is 1. The lowest BCUT2D eigenvalue weighted by atomic mass is 10.2. The van der Waals surface area contributed by atoms with Gasteiger partial charge in [0.05, 0.1) is 17.3 Å². The van der Waals surface area contributed by atoms with Crippen LogP contribution in [0.25, 0.3) is 0 Å². The number of nitrogens with zero attached hydrogens (tertiary/aromatic N) is 1. The minimum atomic E-state index is -0.0196. The third-order valence-corrected chi connectivity index (χ3v) is 3.96. The molecular weight excluding hydrogens is 294 g/mol. The van der Waals surface area contributed by atoms with E-state index in [4.69, 9.17) is 11.6 Å². The van der Waals surface area contributed by atoms with E-state index < -0.39 is 0 Å². The number of hydrogen-bond acceptors (Lipinski definition) is 4. The first-order valence-corrected chi connectivity index (χ1v) is 7.58. The normalized spacial score (nSPS) is 10.3. The van der Waals surface area contributed by atoms with E-state index in [2.05, 4.69) is 15.6 Å². The summed E-state index contributed by atoms with van der Waals surface area (Å²) < 4.78 is 0. The number of thiazole rings is 1. The molecule has 1 aromatic heterocycles. The third kappa shape index (κ3) is 3.95. The van der Waals surface area contributed by atoms with E-state index in [0.29, 0.717) is 18.0 Å². The van der Waals surface area contributed by atoms with Crippen LogP contribution in [-0.2, 0) is 11.3 Å². The van der Waals surface area contributed by atoms with Gasteiger partial charge >= 0.3 is 0 Å².